The van der Waals surface area contributed by atoms with Gasteiger partial charge >= 0.3 is 0 Å². The lowest BCUT2D eigenvalue weighted by atomic mass is 10.2. The molecule has 2 heterocycles. The van der Waals surface area contributed by atoms with E-state index in [2.05, 4.69) is 15.2 Å². The van der Waals surface area contributed by atoms with E-state index in [-0.39, 0.29) is 24.4 Å². The van der Waals surface area contributed by atoms with Gasteiger partial charge in [-0.05, 0) is 37.1 Å². The minimum Gasteiger partial charge on any atom is -0.489 e. The summed E-state index contributed by atoms with van der Waals surface area (Å²) in [5, 5.41) is 12.9. The number of hydrogen-bond acceptors (Lipinski definition) is 6. The molecule has 8 heteroatoms. The molecule has 1 aromatic carbocycles. The summed E-state index contributed by atoms with van der Waals surface area (Å²) in [6.07, 6.45) is 1.83. The molecule has 3 rings (SSSR count). The van der Waals surface area contributed by atoms with E-state index in [0.717, 1.165) is 18.5 Å². The molecule has 0 bridgehead atoms. The highest BCUT2D eigenvalue weighted by Crippen LogP contribution is 2.26. The van der Waals surface area contributed by atoms with Crippen LogP contribution in [-0.4, -0.2) is 59.3 Å². The molecular formula is C21H26FN3O4. The van der Waals surface area contributed by atoms with Crippen molar-refractivity contribution < 1.29 is 23.8 Å². The highest BCUT2D eigenvalue weighted by Gasteiger charge is 2.26. The minimum atomic E-state index is -0.765. The highest BCUT2D eigenvalue weighted by molar-refractivity contribution is 5.90. The molecule has 2 atom stereocenters. The molecule has 0 aliphatic carbocycles. The van der Waals surface area contributed by atoms with Crippen molar-refractivity contribution in [3.63, 3.8) is 0 Å². The molecule has 1 amide bonds. The Bertz CT molecular complexity index is 848. The van der Waals surface area contributed by atoms with Crippen LogP contribution in [0.2, 0.25) is 0 Å². The fourth-order valence-corrected chi connectivity index (χ4v) is 3.25. The van der Waals surface area contributed by atoms with E-state index in [1.807, 2.05) is 19.1 Å². The van der Waals surface area contributed by atoms with Gasteiger partial charge in [0.1, 0.15) is 30.4 Å². The molecule has 1 aliphatic rings. The van der Waals surface area contributed by atoms with Crippen LogP contribution in [0.3, 0.4) is 0 Å². The molecule has 1 fully saturated rings. The highest BCUT2D eigenvalue weighted by atomic mass is 19.1. The fraction of sp³-hybridized carbons (Fsp3) is 0.429. The molecule has 0 saturated carbocycles. The van der Waals surface area contributed by atoms with Crippen LogP contribution in [0.4, 0.5) is 10.1 Å². The molecule has 0 spiro atoms. The predicted octanol–water partition coefficient (Wildman–Crippen LogP) is 2.38. The molecule has 2 aromatic rings. The van der Waals surface area contributed by atoms with Gasteiger partial charge < -0.3 is 19.9 Å². The lowest BCUT2D eigenvalue weighted by Gasteiger charge is -2.21. The maximum Gasteiger partial charge on any atom is 0.221 e. The van der Waals surface area contributed by atoms with E-state index < -0.39 is 11.9 Å². The number of nitrogens with zero attached hydrogens (tertiary/aromatic N) is 2. The summed E-state index contributed by atoms with van der Waals surface area (Å²) in [4.78, 5) is 17.6. The molecule has 1 saturated heterocycles. The number of benzene rings is 1. The summed E-state index contributed by atoms with van der Waals surface area (Å²) >= 11 is 0. The van der Waals surface area contributed by atoms with Crippen molar-refractivity contribution in [2.24, 2.45) is 0 Å². The van der Waals surface area contributed by atoms with Gasteiger partial charge in [0.15, 0.2) is 0 Å². The Morgan fingerprint density at radius 3 is 3.00 bits per heavy atom. The molecule has 1 aliphatic heterocycles. The van der Waals surface area contributed by atoms with Crippen LogP contribution in [0.25, 0.3) is 0 Å². The number of β-amino-alcohol motifs (C(OH)–C–C–N with tert-alkyl or cyclic N) is 1. The number of anilines is 1. The summed E-state index contributed by atoms with van der Waals surface area (Å²) in [6, 6.07) is 7.67. The zero-order valence-corrected chi connectivity index (χ0v) is 16.6. The van der Waals surface area contributed by atoms with Crippen LogP contribution in [-0.2, 0) is 4.79 Å². The summed E-state index contributed by atoms with van der Waals surface area (Å²) in [7, 11) is 0. The molecule has 1 aromatic heterocycles. The van der Waals surface area contributed by atoms with Crippen LogP contribution in [0.1, 0.15) is 18.9 Å². The van der Waals surface area contributed by atoms with Crippen LogP contribution >= 0.6 is 0 Å². The Hall–Kier alpha value is -2.71. The molecule has 7 nitrogen and oxygen atoms in total. The number of amides is 1. The van der Waals surface area contributed by atoms with Crippen molar-refractivity contribution in [2.75, 3.05) is 31.6 Å². The van der Waals surface area contributed by atoms with Gasteiger partial charge in [-0.25, -0.2) is 9.37 Å². The van der Waals surface area contributed by atoms with Crippen molar-refractivity contribution in [3.05, 3.63) is 47.9 Å². The summed E-state index contributed by atoms with van der Waals surface area (Å²) in [5.41, 5.74) is 1.46. The fourth-order valence-electron chi connectivity index (χ4n) is 3.25. The maximum atomic E-state index is 13.5. The van der Waals surface area contributed by atoms with Gasteiger partial charge in [0, 0.05) is 44.9 Å². The maximum absolute atomic E-state index is 13.5. The van der Waals surface area contributed by atoms with Gasteiger partial charge in [-0.2, -0.15) is 0 Å². The first-order chi connectivity index (χ1) is 13.9. The molecule has 29 heavy (non-hydrogen) atoms. The smallest absolute Gasteiger partial charge is 0.221 e. The first kappa shape index (κ1) is 21.0. The van der Waals surface area contributed by atoms with E-state index in [1.54, 1.807) is 6.20 Å². The van der Waals surface area contributed by atoms with Crippen LogP contribution < -0.4 is 14.8 Å². The van der Waals surface area contributed by atoms with Crippen LogP contribution in [0.5, 0.6) is 11.6 Å². The second-order valence-corrected chi connectivity index (χ2v) is 7.25. The number of pyridine rings is 1. The number of aromatic nitrogens is 1. The lowest BCUT2D eigenvalue weighted by Crippen LogP contribution is -2.35. The first-order valence-electron chi connectivity index (χ1n) is 9.58. The first-order valence-corrected chi connectivity index (χ1v) is 9.58. The molecule has 0 radical (unpaired) electrons. The number of aliphatic hydroxyl groups is 1. The molecule has 156 valence electrons. The molecule has 1 unspecified atom stereocenters. The molecular weight excluding hydrogens is 377 g/mol. The topological polar surface area (TPSA) is 83.9 Å². The number of halogens is 1. The van der Waals surface area contributed by atoms with Gasteiger partial charge in [-0.15, -0.1) is 0 Å². The summed E-state index contributed by atoms with van der Waals surface area (Å²) in [6.45, 7) is 5.22. The largest absolute Gasteiger partial charge is 0.489 e. The van der Waals surface area contributed by atoms with Gasteiger partial charge in [0.25, 0.3) is 0 Å². The number of rotatable bonds is 8. The Morgan fingerprint density at radius 2 is 2.24 bits per heavy atom. The predicted molar refractivity (Wildman–Crippen MR) is 107 cm³/mol. The Morgan fingerprint density at radius 1 is 1.41 bits per heavy atom. The third kappa shape index (κ3) is 6.40. The van der Waals surface area contributed by atoms with Gasteiger partial charge in [0.2, 0.25) is 11.8 Å². The minimum absolute atomic E-state index is 0.0164. The average molecular weight is 403 g/mol. The van der Waals surface area contributed by atoms with Crippen molar-refractivity contribution in [1.29, 1.82) is 0 Å². The monoisotopic (exact) mass is 403 g/mol. The third-order valence-electron chi connectivity index (χ3n) is 4.56. The zero-order valence-electron chi connectivity index (χ0n) is 16.6. The lowest BCUT2D eigenvalue weighted by molar-refractivity contribution is -0.114. The number of carbonyl (C=O) groups is 1. The van der Waals surface area contributed by atoms with Crippen molar-refractivity contribution in [2.45, 2.75) is 32.5 Å². The van der Waals surface area contributed by atoms with Crippen molar-refractivity contribution >= 4 is 11.6 Å². The number of aliphatic hydroxyl groups excluding tert-OH is 1. The number of likely N-dealkylation sites (tertiary alicyclic amines) is 1. The average Bonchev–Trinajstić information content (AvgIpc) is 3.08. The second kappa shape index (κ2) is 9.67. The normalized spacial score (nSPS) is 17.7. The number of hydrogen-bond donors (Lipinski definition) is 2. The number of carbonyl (C=O) groups excluding carboxylic acids is 1. The Labute approximate surface area is 169 Å². The third-order valence-corrected chi connectivity index (χ3v) is 4.56. The second-order valence-electron chi connectivity index (χ2n) is 7.25. The Balaban J connectivity index is 1.47. The van der Waals surface area contributed by atoms with Gasteiger partial charge in [0.05, 0.1) is 5.69 Å². The standard InChI is InChI=1S/C21H26FN3O4/c1-14-5-7-23-21(9-14)29-18-6-8-25(12-18)11-17(27)13-28-20-10-16(22)3-4-19(20)24-15(2)26/h3-5,7,9-10,17-18,27H,6,8,11-13H2,1-2H3,(H,24,26)/t17-,18?/m1/s1. The molecule has 2 N–H and O–H groups in total. The van der Waals surface area contributed by atoms with Crippen molar-refractivity contribution in [3.8, 4) is 11.6 Å². The van der Waals surface area contributed by atoms with E-state index in [4.69, 9.17) is 9.47 Å². The quantitative estimate of drug-likeness (QED) is 0.704. The number of ether oxygens (including phenoxy) is 2. The van der Waals surface area contributed by atoms with Crippen LogP contribution in [0.15, 0.2) is 36.5 Å². The zero-order chi connectivity index (χ0) is 20.8. The van der Waals surface area contributed by atoms with Gasteiger partial charge in [-0.1, -0.05) is 0 Å². The van der Waals surface area contributed by atoms with Crippen LogP contribution in [0, 0.1) is 12.7 Å². The van der Waals surface area contributed by atoms with Crippen molar-refractivity contribution in [1.82, 2.24) is 9.88 Å². The summed E-state index contributed by atoms with van der Waals surface area (Å²) < 4.78 is 25.0. The van der Waals surface area contributed by atoms with E-state index in [1.165, 1.54) is 25.1 Å². The number of aryl methyl sites for hydroxylation is 1. The number of nitrogens with one attached hydrogen (secondary N) is 1. The summed E-state index contributed by atoms with van der Waals surface area (Å²) in [5.74, 6) is 0.0332. The van der Waals surface area contributed by atoms with E-state index in [0.29, 0.717) is 24.7 Å². The van der Waals surface area contributed by atoms with E-state index in [9.17, 15) is 14.3 Å². The van der Waals surface area contributed by atoms with Gasteiger partial charge in [-0.3, -0.25) is 9.69 Å². The SMILES string of the molecule is CC(=O)Nc1ccc(F)cc1OC[C@H](O)CN1CCC(Oc2cc(C)ccn2)C1. The Kier molecular flexibility index (Phi) is 7.00. The van der Waals surface area contributed by atoms with E-state index >= 15 is 0 Å².